The molecule has 0 amide bonds. The minimum Gasteiger partial charge on any atom is -0.465 e. The van der Waals surface area contributed by atoms with Crippen LogP contribution in [0.1, 0.15) is 25.4 Å². The lowest BCUT2D eigenvalue weighted by Crippen LogP contribution is -2.35. The van der Waals surface area contributed by atoms with Gasteiger partial charge in [0.15, 0.2) is 0 Å². The van der Waals surface area contributed by atoms with E-state index < -0.39 is 0 Å². The molecule has 0 aliphatic carbocycles. The van der Waals surface area contributed by atoms with E-state index in [1.54, 1.807) is 0 Å². The van der Waals surface area contributed by atoms with Crippen LogP contribution < -0.4 is 11.1 Å². The van der Waals surface area contributed by atoms with Crippen LogP contribution in [0.2, 0.25) is 0 Å². The van der Waals surface area contributed by atoms with E-state index in [0.717, 1.165) is 24.6 Å². The molecule has 0 aliphatic heterocycles. The average molecular weight is 196 g/mol. The summed E-state index contributed by atoms with van der Waals surface area (Å²) in [6.07, 6.45) is 0. The Bertz CT molecular complexity index is 279. The molecule has 0 bridgehead atoms. The third kappa shape index (κ3) is 3.52. The zero-order chi connectivity index (χ0) is 10.6. The summed E-state index contributed by atoms with van der Waals surface area (Å²) in [6.45, 7) is 8.62. The van der Waals surface area contributed by atoms with Crippen molar-refractivity contribution in [2.24, 2.45) is 11.1 Å². The van der Waals surface area contributed by atoms with Crippen molar-refractivity contribution < 1.29 is 4.42 Å². The second kappa shape index (κ2) is 4.62. The molecule has 1 heterocycles. The van der Waals surface area contributed by atoms with Crippen LogP contribution in [0.15, 0.2) is 16.5 Å². The molecule has 0 unspecified atom stereocenters. The highest BCUT2D eigenvalue weighted by Gasteiger charge is 2.14. The van der Waals surface area contributed by atoms with Crippen LogP contribution in [-0.4, -0.2) is 13.1 Å². The van der Waals surface area contributed by atoms with Crippen LogP contribution in [0, 0.1) is 12.3 Å². The SMILES string of the molecule is Cc1ccc(CNCC(C)(C)CN)o1. The Labute approximate surface area is 85.7 Å². The number of aryl methyl sites for hydroxylation is 1. The van der Waals surface area contributed by atoms with Gasteiger partial charge in [-0.3, -0.25) is 0 Å². The molecule has 80 valence electrons. The van der Waals surface area contributed by atoms with Crippen molar-refractivity contribution in [1.29, 1.82) is 0 Å². The monoisotopic (exact) mass is 196 g/mol. The smallest absolute Gasteiger partial charge is 0.117 e. The average Bonchev–Trinajstić information content (AvgIpc) is 2.51. The summed E-state index contributed by atoms with van der Waals surface area (Å²) in [4.78, 5) is 0. The Balaban J connectivity index is 2.28. The van der Waals surface area contributed by atoms with E-state index in [1.165, 1.54) is 0 Å². The zero-order valence-corrected chi connectivity index (χ0v) is 9.26. The van der Waals surface area contributed by atoms with Crippen molar-refractivity contribution in [3.63, 3.8) is 0 Å². The summed E-state index contributed by atoms with van der Waals surface area (Å²) < 4.78 is 5.44. The molecule has 3 heteroatoms. The minimum atomic E-state index is 0.154. The normalized spacial score (nSPS) is 12.0. The van der Waals surface area contributed by atoms with Crippen molar-refractivity contribution in [3.8, 4) is 0 Å². The molecule has 0 fully saturated rings. The molecule has 1 rings (SSSR count). The minimum absolute atomic E-state index is 0.154. The van der Waals surface area contributed by atoms with Crippen LogP contribution in [0.4, 0.5) is 0 Å². The Hall–Kier alpha value is -0.800. The molecule has 3 nitrogen and oxygen atoms in total. The van der Waals surface area contributed by atoms with E-state index >= 15 is 0 Å². The molecular weight excluding hydrogens is 176 g/mol. The van der Waals surface area contributed by atoms with Gasteiger partial charge in [-0.05, 0) is 31.0 Å². The van der Waals surface area contributed by atoms with E-state index in [-0.39, 0.29) is 5.41 Å². The van der Waals surface area contributed by atoms with Gasteiger partial charge in [-0.25, -0.2) is 0 Å². The van der Waals surface area contributed by atoms with E-state index in [0.29, 0.717) is 6.54 Å². The third-order valence-electron chi connectivity index (χ3n) is 2.25. The van der Waals surface area contributed by atoms with E-state index in [9.17, 15) is 0 Å². The van der Waals surface area contributed by atoms with Gasteiger partial charge in [0.25, 0.3) is 0 Å². The predicted molar refractivity (Wildman–Crippen MR) is 58.0 cm³/mol. The lowest BCUT2D eigenvalue weighted by Gasteiger charge is -2.22. The number of nitrogens with two attached hydrogens (primary N) is 1. The molecular formula is C11H20N2O. The standard InChI is InChI=1S/C11H20N2O/c1-9-4-5-10(14-9)6-13-8-11(2,3)7-12/h4-5,13H,6-8,12H2,1-3H3. The zero-order valence-electron chi connectivity index (χ0n) is 9.26. The predicted octanol–water partition coefficient (Wildman–Crippen LogP) is 1.66. The number of furan rings is 1. The maximum absolute atomic E-state index is 5.63. The lowest BCUT2D eigenvalue weighted by molar-refractivity contribution is 0.341. The molecule has 0 atom stereocenters. The van der Waals surface area contributed by atoms with Gasteiger partial charge in [-0.15, -0.1) is 0 Å². The lowest BCUT2D eigenvalue weighted by atomic mass is 9.94. The Morgan fingerprint density at radius 2 is 2.14 bits per heavy atom. The van der Waals surface area contributed by atoms with Crippen molar-refractivity contribution in [2.75, 3.05) is 13.1 Å². The van der Waals surface area contributed by atoms with Crippen molar-refractivity contribution >= 4 is 0 Å². The molecule has 0 spiro atoms. The van der Waals surface area contributed by atoms with Gasteiger partial charge < -0.3 is 15.5 Å². The van der Waals surface area contributed by atoms with Gasteiger partial charge in [0.05, 0.1) is 6.54 Å². The van der Waals surface area contributed by atoms with Gasteiger partial charge >= 0.3 is 0 Å². The Kier molecular flexibility index (Phi) is 3.72. The molecule has 0 radical (unpaired) electrons. The first kappa shape index (κ1) is 11.3. The highest BCUT2D eigenvalue weighted by atomic mass is 16.3. The topological polar surface area (TPSA) is 51.2 Å². The van der Waals surface area contributed by atoms with Crippen LogP contribution in [0.5, 0.6) is 0 Å². The maximum atomic E-state index is 5.63. The van der Waals surface area contributed by atoms with E-state index in [1.807, 2.05) is 19.1 Å². The summed E-state index contributed by atoms with van der Waals surface area (Å²) in [5, 5.41) is 3.33. The molecule has 3 N–H and O–H groups in total. The number of hydrogen-bond acceptors (Lipinski definition) is 3. The summed E-state index contributed by atoms with van der Waals surface area (Å²) in [5.41, 5.74) is 5.78. The summed E-state index contributed by atoms with van der Waals surface area (Å²) in [6, 6.07) is 3.98. The second-order valence-corrected chi connectivity index (χ2v) is 4.48. The first-order valence-corrected chi connectivity index (χ1v) is 4.99. The van der Waals surface area contributed by atoms with Crippen molar-refractivity contribution in [2.45, 2.75) is 27.3 Å². The molecule has 0 saturated carbocycles. The molecule has 1 aromatic rings. The summed E-state index contributed by atoms with van der Waals surface area (Å²) >= 11 is 0. The molecule has 1 aromatic heterocycles. The number of hydrogen-bond donors (Lipinski definition) is 2. The highest BCUT2D eigenvalue weighted by molar-refractivity contribution is 5.05. The van der Waals surface area contributed by atoms with Crippen LogP contribution in [-0.2, 0) is 6.54 Å². The Morgan fingerprint density at radius 3 is 2.64 bits per heavy atom. The van der Waals surface area contributed by atoms with Crippen molar-refractivity contribution in [1.82, 2.24) is 5.32 Å². The summed E-state index contributed by atoms with van der Waals surface area (Å²) in [7, 11) is 0. The van der Waals surface area contributed by atoms with Gasteiger partial charge in [0.2, 0.25) is 0 Å². The molecule has 0 aliphatic rings. The maximum Gasteiger partial charge on any atom is 0.117 e. The first-order valence-electron chi connectivity index (χ1n) is 4.99. The number of nitrogens with one attached hydrogen (secondary N) is 1. The first-order chi connectivity index (χ1) is 6.53. The fourth-order valence-electron chi connectivity index (χ4n) is 1.18. The van der Waals surface area contributed by atoms with Crippen LogP contribution in [0.25, 0.3) is 0 Å². The van der Waals surface area contributed by atoms with E-state index in [4.69, 9.17) is 10.2 Å². The second-order valence-electron chi connectivity index (χ2n) is 4.48. The van der Waals surface area contributed by atoms with Gasteiger partial charge in [0, 0.05) is 6.54 Å². The number of rotatable bonds is 5. The molecule has 0 aromatic carbocycles. The fourth-order valence-corrected chi connectivity index (χ4v) is 1.18. The van der Waals surface area contributed by atoms with Crippen LogP contribution in [0.3, 0.4) is 0 Å². The molecule has 0 saturated heterocycles. The quantitative estimate of drug-likeness (QED) is 0.753. The third-order valence-corrected chi connectivity index (χ3v) is 2.25. The Morgan fingerprint density at radius 1 is 1.43 bits per heavy atom. The highest BCUT2D eigenvalue weighted by Crippen LogP contribution is 2.11. The largest absolute Gasteiger partial charge is 0.465 e. The van der Waals surface area contributed by atoms with Gasteiger partial charge in [0.1, 0.15) is 11.5 Å². The summed E-state index contributed by atoms with van der Waals surface area (Å²) in [5.74, 6) is 1.94. The fraction of sp³-hybridized carbons (Fsp3) is 0.636. The van der Waals surface area contributed by atoms with E-state index in [2.05, 4.69) is 19.2 Å². The van der Waals surface area contributed by atoms with Crippen molar-refractivity contribution in [3.05, 3.63) is 23.7 Å². The van der Waals surface area contributed by atoms with Crippen LogP contribution >= 0.6 is 0 Å². The van der Waals surface area contributed by atoms with Gasteiger partial charge in [-0.1, -0.05) is 13.8 Å². The molecule has 14 heavy (non-hydrogen) atoms. The van der Waals surface area contributed by atoms with Gasteiger partial charge in [-0.2, -0.15) is 0 Å².